The average molecular weight is 289 g/mol. The number of amides is 1. The predicted molar refractivity (Wildman–Crippen MR) is 78.3 cm³/mol. The molecule has 2 aliphatic heterocycles. The SMILES string of the molecule is Cc1ccc([N+](=O)[O-])c(C(=O)N2CCCC3CNCC32)c1. The molecule has 112 valence electrons. The van der Waals surface area contributed by atoms with E-state index < -0.39 is 4.92 Å². The summed E-state index contributed by atoms with van der Waals surface area (Å²) in [6, 6.07) is 4.90. The molecule has 2 atom stereocenters. The number of carbonyl (C=O) groups is 1. The molecule has 21 heavy (non-hydrogen) atoms. The molecule has 6 nitrogen and oxygen atoms in total. The van der Waals surface area contributed by atoms with E-state index in [9.17, 15) is 14.9 Å². The predicted octanol–water partition coefficient (Wildman–Crippen LogP) is 1.73. The highest BCUT2D eigenvalue weighted by atomic mass is 16.6. The average Bonchev–Trinajstić information content (AvgIpc) is 2.94. The number of nitrogens with one attached hydrogen (secondary N) is 1. The Morgan fingerprint density at radius 3 is 3.00 bits per heavy atom. The first kappa shape index (κ1) is 14.0. The zero-order valence-corrected chi connectivity index (χ0v) is 12.0. The number of hydrogen-bond acceptors (Lipinski definition) is 4. The number of nitro groups is 1. The Labute approximate surface area is 123 Å². The van der Waals surface area contributed by atoms with Crippen molar-refractivity contribution in [3.8, 4) is 0 Å². The molecule has 0 aromatic heterocycles. The van der Waals surface area contributed by atoms with E-state index in [1.54, 1.807) is 12.1 Å². The number of piperidine rings is 1. The van der Waals surface area contributed by atoms with Gasteiger partial charge in [-0.25, -0.2) is 0 Å². The number of aryl methyl sites for hydroxylation is 1. The number of hydrogen-bond donors (Lipinski definition) is 1. The lowest BCUT2D eigenvalue weighted by Gasteiger charge is -2.37. The fourth-order valence-electron chi connectivity index (χ4n) is 3.46. The maximum absolute atomic E-state index is 12.8. The largest absolute Gasteiger partial charge is 0.334 e. The summed E-state index contributed by atoms with van der Waals surface area (Å²) in [5, 5.41) is 14.5. The van der Waals surface area contributed by atoms with Crippen molar-refractivity contribution in [2.75, 3.05) is 19.6 Å². The first-order valence-electron chi connectivity index (χ1n) is 7.34. The highest BCUT2D eigenvalue weighted by Crippen LogP contribution is 2.30. The normalized spacial score (nSPS) is 24.7. The number of likely N-dealkylation sites (tertiary alicyclic amines) is 1. The van der Waals surface area contributed by atoms with E-state index in [1.807, 2.05) is 11.8 Å². The quantitative estimate of drug-likeness (QED) is 0.664. The summed E-state index contributed by atoms with van der Waals surface area (Å²) >= 11 is 0. The van der Waals surface area contributed by atoms with Gasteiger partial charge in [0.2, 0.25) is 0 Å². The number of carbonyl (C=O) groups excluding carboxylic acids is 1. The van der Waals surface area contributed by atoms with Gasteiger partial charge >= 0.3 is 0 Å². The van der Waals surface area contributed by atoms with Crippen LogP contribution in [0.1, 0.15) is 28.8 Å². The van der Waals surface area contributed by atoms with E-state index in [-0.39, 0.29) is 23.2 Å². The van der Waals surface area contributed by atoms with Gasteiger partial charge in [-0.3, -0.25) is 14.9 Å². The van der Waals surface area contributed by atoms with Crippen LogP contribution in [0.25, 0.3) is 0 Å². The van der Waals surface area contributed by atoms with Crippen LogP contribution in [-0.4, -0.2) is 41.4 Å². The van der Waals surface area contributed by atoms with Gasteiger partial charge < -0.3 is 10.2 Å². The summed E-state index contributed by atoms with van der Waals surface area (Å²) in [6.45, 7) is 4.25. The number of nitro benzene ring substituents is 1. The topological polar surface area (TPSA) is 75.5 Å². The molecule has 2 aliphatic rings. The minimum absolute atomic E-state index is 0.0984. The van der Waals surface area contributed by atoms with Crippen LogP contribution in [0.4, 0.5) is 5.69 Å². The molecular formula is C15H19N3O3. The van der Waals surface area contributed by atoms with Crippen LogP contribution in [-0.2, 0) is 0 Å². The minimum atomic E-state index is -0.471. The fraction of sp³-hybridized carbons (Fsp3) is 0.533. The standard InChI is InChI=1S/C15H19N3O3/c1-10-4-5-13(18(20)21)12(7-10)15(19)17-6-2-3-11-8-16-9-14(11)17/h4-5,7,11,14,16H,2-3,6,8-9H2,1H3. The summed E-state index contributed by atoms with van der Waals surface area (Å²) in [5.74, 6) is 0.273. The number of rotatable bonds is 2. The molecule has 2 saturated heterocycles. The smallest absolute Gasteiger partial charge is 0.282 e. The first-order valence-corrected chi connectivity index (χ1v) is 7.34. The third-order valence-corrected chi connectivity index (χ3v) is 4.52. The summed E-state index contributed by atoms with van der Waals surface area (Å²) in [6.07, 6.45) is 2.09. The van der Waals surface area contributed by atoms with Crippen LogP contribution in [0.3, 0.4) is 0 Å². The number of nitrogens with zero attached hydrogens (tertiary/aromatic N) is 2. The Morgan fingerprint density at radius 1 is 1.43 bits per heavy atom. The molecule has 0 spiro atoms. The Bertz CT molecular complexity index is 588. The van der Waals surface area contributed by atoms with Crippen LogP contribution < -0.4 is 5.32 Å². The van der Waals surface area contributed by atoms with Gasteiger partial charge in [0.1, 0.15) is 5.56 Å². The van der Waals surface area contributed by atoms with Gasteiger partial charge in [0.25, 0.3) is 11.6 Å². The second kappa shape index (κ2) is 5.44. The van der Waals surface area contributed by atoms with E-state index >= 15 is 0 Å². The molecule has 1 aromatic carbocycles. The van der Waals surface area contributed by atoms with E-state index in [4.69, 9.17) is 0 Å². The fourth-order valence-corrected chi connectivity index (χ4v) is 3.46. The zero-order valence-electron chi connectivity index (χ0n) is 12.0. The molecule has 2 heterocycles. The van der Waals surface area contributed by atoms with Gasteiger partial charge in [0.15, 0.2) is 0 Å². The molecule has 2 fully saturated rings. The van der Waals surface area contributed by atoms with E-state index in [2.05, 4.69) is 5.32 Å². The molecule has 1 amide bonds. The lowest BCUT2D eigenvalue weighted by Crippen LogP contribution is -2.48. The Kier molecular flexibility index (Phi) is 3.63. The van der Waals surface area contributed by atoms with Gasteiger partial charge in [-0.1, -0.05) is 6.07 Å². The molecule has 1 aromatic rings. The van der Waals surface area contributed by atoms with Gasteiger partial charge in [-0.05, 0) is 37.3 Å². The van der Waals surface area contributed by atoms with Crippen LogP contribution in [0.2, 0.25) is 0 Å². The molecule has 0 aliphatic carbocycles. The zero-order chi connectivity index (χ0) is 15.0. The maximum Gasteiger partial charge on any atom is 0.282 e. The second-order valence-corrected chi connectivity index (χ2v) is 5.90. The van der Waals surface area contributed by atoms with Gasteiger partial charge in [-0.15, -0.1) is 0 Å². The molecule has 0 saturated carbocycles. The highest BCUT2D eigenvalue weighted by Gasteiger charge is 2.39. The molecule has 0 bridgehead atoms. The monoisotopic (exact) mass is 289 g/mol. The lowest BCUT2D eigenvalue weighted by molar-refractivity contribution is -0.385. The third-order valence-electron chi connectivity index (χ3n) is 4.52. The molecule has 0 radical (unpaired) electrons. The van der Waals surface area contributed by atoms with Crippen molar-refractivity contribution in [1.29, 1.82) is 0 Å². The van der Waals surface area contributed by atoms with Crippen molar-refractivity contribution in [3.63, 3.8) is 0 Å². The minimum Gasteiger partial charge on any atom is -0.334 e. The number of benzene rings is 1. The van der Waals surface area contributed by atoms with E-state index in [0.717, 1.165) is 31.5 Å². The highest BCUT2D eigenvalue weighted by molar-refractivity contribution is 5.98. The van der Waals surface area contributed by atoms with Crippen molar-refractivity contribution >= 4 is 11.6 Å². The van der Waals surface area contributed by atoms with Gasteiger partial charge in [-0.2, -0.15) is 0 Å². The molecule has 3 rings (SSSR count). The van der Waals surface area contributed by atoms with Crippen LogP contribution in [0.5, 0.6) is 0 Å². The summed E-state index contributed by atoms with van der Waals surface area (Å²) < 4.78 is 0. The van der Waals surface area contributed by atoms with Crippen LogP contribution >= 0.6 is 0 Å². The van der Waals surface area contributed by atoms with Crippen LogP contribution in [0, 0.1) is 23.0 Å². The van der Waals surface area contributed by atoms with Gasteiger partial charge in [0.05, 0.1) is 4.92 Å². The first-order chi connectivity index (χ1) is 10.1. The third kappa shape index (κ3) is 2.51. The van der Waals surface area contributed by atoms with Crippen molar-refractivity contribution in [3.05, 3.63) is 39.4 Å². The van der Waals surface area contributed by atoms with Crippen molar-refractivity contribution in [1.82, 2.24) is 10.2 Å². The van der Waals surface area contributed by atoms with Crippen LogP contribution in [0.15, 0.2) is 18.2 Å². The number of fused-ring (bicyclic) bond motifs is 1. The summed E-state index contributed by atoms with van der Waals surface area (Å²) in [4.78, 5) is 25.3. The van der Waals surface area contributed by atoms with Crippen molar-refractivity contribution in [2.45, 2.75) is 25.8 Å². The Balaban J connectivity index is 1.94. The van der Waals surface area contributed by atoms with Crippen molar-refractivity contribution in [2.24, 2.45) is 5.92 Å². The Hall–Kier alpha value is -1.95. The lowest BCUT2D eigenvalue weighted by atomic mass is 9.91. The van der Waals surface area contributed by atoms with E-state index in [0.29, 0.717) is 12.5 Å². The molecule has 6 heteroatoms. The molecule has 2 unspecified atom stereocenters. The Morgan fingerprint density at radius 2 is 2.24 bits per heavy atom. The summed E-state index contributed by atoms with van der Waals surface area (Å²) in [5.41, 5.74) is 0.980. The van der Waals surface area contributed by atoms with Crippen molar-refractivity contribution < 1.29 is 9.72 Å². The van der Waals surface area contributed by atoms with E-state index in [1.165, 1.54) is 6.07 Å². The molecule has 1 N–H and O–H groups in total. The maximum atomic E-state index is 12.8. The van der Waals surface area contributed by atoms with Gasteiger partial charge in [0, 0.05) is 31.7 Å². The summed E-state index contributed by atoms with van der Waals surface area (Å²) in [7, 11) is 0. The second-order valence-electron chi connectivity index (χ2n) is 5.90. The molecular weight excluding hydrogens is 270 g/mol.